The molecule has 9 nitrogen and oxygen atoms in total. The van der Waals surface area contributed by atoms with Crippen molar-refractivity contribution < 1.29 is 18.6 Å². The van der Waals surface area contributed by atoms with Crippen molar-refractivity contribution in [1.82, 2.24) is 19.9 Å². The maximum absolute atomic E-state index is 14.1. The summed E-state index contributed by atoms with van der Waals surface area (Å²) in [5, 5.41) is 7.81. The summed E-state index contributed by atoms with van der Waals surface area (Å²) in [5.74, 6) is 0.908. The number of nitrogens with one attached hydrogen (secondary N) is 3. The van der Waals surface area contributed by atoms with Gasteiger partial charge in [-0.2, -0.15) is 0 Å². The van der Waals surface area contributed by atoms with E-state index in [1.165, 1.54) is 18.4 Å². The maximum Gasteiger partial charge on any atom is 0.229 e. The number of H-pyrrole nitrogens is 2. The average Bonchev–Trinajstić information content (AvgIpc) is 3.64. The number of nitrogen functional groups attached to an aromatic ring is 1. The van der Waals surface area contributed by atoms with E-state index in [9.17, 15) is 4.39 Å². The summed E-state index contributed by atoms with van der Waals surface area (Å²) in [4.78, 5) is 16.3. The highest BCUT2D eigenvalue weighted by molar-refractivity contribution is 5.98. The Morgan fingerprint density at radius 1 is 1.03 bits per heavy atom. The molecule has 1 aliphatic rings. The van der Waals surface area contributed by atoms with E-state index in [-0.39, 0.29) is 25.1 Å². The van der Waals surface area contributed by atoms with Crippen molar-refractivity contribution in [3.05, 3.63) is 107 Å². The van der Waals surface area contributed by atoms with Crippen LogP contribution in [0.25, 0.3) is 22.1 Å². The summed E-state index contributed by atoms with van der Waals surface area (Å²) in [5.41, 5.74) is 9.11. The molecule has 1 unspecified atom stereocenters. The van der Waals surface area contributed by atoms with E-state index in [2.05, 4.69) is 9.97 Å². The minimum atomic E-state index is -1.37. The van der Waals surface area contributed by atoms with Crippen molar-refractivity contribution in [2.45, 2.75) is 12.5 Å². The molecule has 0 fully saturated rings. The number of rotatable bonds is 7. The molecule has 3 heterocycles. The smallest absolute Gasteiger partial charge is 0.229 e. The first-order valence-corrected chi connectivity index (χ1v) is 11.6. The highest BCUT2D eigenvalue weighted by Crippen LogP contribution is 2.40. The highest BCUT2D eigenvalue weighted by Gasteiger charge is 2.44. The number of halogens is 1. The number of amidine groups is 1. The third-order valence-corrected chi connectivity index (χ3v) is 6.32. The van der Waals surface area contributed by atoms with Gasteiger partial charge in [-0.3, -0.25) is 5.41 Å². The van der Waals surface area contributed by atoms with E-state index < -0.39 is 5.60 Å². The quantitative estimate of drug-likeness (QED) is 0.195. The van der Waals surface area contributed by atoms with Crippen molar-refractivity contribution in [3.8, 4) is 0 Å². The number of aromatic amines is 2. The van der Waals surface area contributed by atoms with Crippen LogP contribution >= 0.6 is 0 Å². The third-order valence-electron chi connectivity index (χ3n) is 6.32. The summed E-state index contributed by atoms with van der Waals surface area (Å²) < 4.78 is 31.5. The zero-order chi connectivity index (χ0) is 25.6. The lowest BCUT2D eigenvalue weighted by Gasteiger charge is -2.31. The normalized spacial score (nSPS) is 14.8. The summed E-state index contributed by atoms with van der Waals surface area (Å²) in [7, 11) is 0. The largest absolute Gasteiger partial charge is 0.462 e. The van der Waals surface area contributed by atoms with Gasteiger partial charge < -0.3 is 29.9 Å². The first kappa shape index (κ1) is 22.7. The fourth-order valence-corrected chi connectivity index (χ4v) is 4.41. The maximum atomic E-state index is 14.1. The fourth-order valence-electron chi connectivity index (χ4n) is 4.41. The molecule has 0 saturated heterocycles. The Bertz CT molecular complexity index is 1670. The van der Waals surface area contributed by atoms with Crippen LogP contribution in [-0.4, -0.2) is 39.2 Å². The van der Waals surface area contributed by atoms with Crippen LogP contribution in [0.15, 0.2) is 72.7 Å². The van der Waals surface area contributed by atoms with E-state index >= 15 is 0 Å². The van der Waals surface area contributed by atoms with Crippen LogP contribution in [0.3, 0.4) is 0 Å². The van der Waals surface area contributed by atoms with Gasteiger partial charge in [-0.15, -0.1) is 0 Å². The van der Waals surface area contributed by atoms with Crippen LogP contribution in [0, 0.1) is 18.2 Å². The molecule has 186 valence electrons. The Labute approximate surface area is 210 Å². The lowest BCUT2D eigenvalue weighted by molar-refractivity contribution is -0.0104. The lowest BCUT2D eigenvalue weighted by atomic mass is 9.90. The second-order valence-corrected chi connectivity index (χ2v) is 8.83. The van der Waals surface area contributed by atoms with Crippen molar-refractivity contribution in [3.63, 3.8) is 0 Å². The van der Waals surface area contributed by atoms with Crippen molar-refractivity contribution in [2.75, 3.05) is 13.4 Å². The molecule has 0 radical (unpaired) electrons. The fraction of sp³-hybridized carbons (Fsp3) is 0.148. The number of imidazole rings is 2. The molecule has 3 aromatic carbocycles. The van der Waals surface area contributed by atoms with Crippen LogP contribution in [0.4, 0.5) is 4.39 Å². The summed E-state index contributed by atoms with van der Waals surface area (Å²) in [6.07, 6.45) is 1.51. The molecule has 0 amide bonds. The first-order chi connectivity index (χ1) is 17.9. The molecular formula is C27H23FN6O3. The third kappa shape index (κ3) is 3.97. The number of nitrogens with two attached hydrogens (primary N) is 1. The number of ether oxygens (including phenoxy) is 3. The van der Waals surface area contributed by atoms with Gasteiger partial charge in [0.2, 0.25) is 12.4 Å². The molecule has 1 aliphatic heterocycles. The monoisotopic (exact) mass is 498 g/mol. The van der Waals surface area contributed by atoms with Gasteiger partial charge in [-0.1, -0.05) is 29.8 Å². The second-order valence-electron chi connectivity index (χ2n) is 8.83. The van der Waals surface area contributed by atoms with Gasteiger partial charge in [0.1, 0.15) is 24.5 Å². The zero-order valence-corrected chi connectivity index (χ0v) is 19.8. The van der Waals surface area contributed by atoms with Gasteiger partial charge in [-0.05, 0) is 48.9 Å². The van der Waals surface area contributed by atoms with E-state index in [0.29, 0.717) is 39.5 Å². The minimum absolute atomic E-state index is 0.0506. The van der Waals surface area contributed by atoms with Gasteiger partial charge in [-0.25, -0.2) is 14.4 Å². The van der Waals surface area contributed by atoms with E-state index in [4.69, 9.17) is 35.3 Å². The minimum Gasteiger partial charge on any atom is -0.462 e. The summed E-state index contributed by atoms with van der Waals surface area (Å²) in [6, 6.07) is 17.5. The number of benzene rings is 3. The molecule has 6 rings (SSSR count). The van der Waals surface area contributed by atoms with Crippen molar-refractivity contribution in [2.24, 2.45) is 5.73 Å². The average molecular weight is 499 g/mol. The Morgan fingerprint density at radius 2 is 1.78 bits per heavy atom. The van der Waals surface area contributed by atoms with Gasteiger partial charge in [0.05, 0.1) is 22.1 Å². The molecular weight excluding hydrogens is 475 g/mol. The second kappa shape index (κ2) is 8.75. The summed E-state index contributed by atoms with van der Waals surface area (Å²) >= 11 is 0. The predicted octanol–water partition coefficient (Wildman–Crippen LogP) is 4.32. The lowest BCUT2D eigenvalue weighted by Crippen LogP contribution is -2.36. The SMILES string of the molecule is Cc1ccc(C(OCC2=COCO2)(c2nc3cc(C(=N)N)ccc3[nH]2)c2nc3ccc(F)cc3[nH]2)cc1. The number of aromatic nitrogens is 4. The van der Waals surface area contributed by atoms with Crippen LogP contribution < -0.4 is 5.73 Å². The molecule has 5 N–H and O–H groups in total. The Balaban J connectivity index is 1.61. The molecule has 37 heavy (non-hydrogen) atoms. The first-order valence-electron chi connectivity index (χ1n) is 11.6. The molecule has 0 saturated carbocycles. The van der Waals surface area contributed by atoms with Gasteiger partial charge in [0, 0.05) is 5.56 Å². The number of aryl methyl sites for hydroxylation is 1. The standard InChI is InChI=1S/C27H23FN6O3/c1-15-2-5-17(6-3-15)27(37-13-19-12-35-14-36-19,26-32-21-9-7-18(28)11-23(21)34-26)25-31-20-8-4-16(24(29)30)10-22(20)33-25/h2-12H,13-14H2,1H3,(H3,29,30)(H,31,33)(H,32,34). The molecule has 0 aliphatic carbocycles. The van der Waals surface area contributed by atoms with Crippen molar-refractivity contribution in [1.29, 1.82) is 5.41 Å². The van der Waals surface area contributed by atoms with Crippen LogP contribution in [0.2, 0.25) is 0 Å². The number of nitrogens with zero attached hydrogens (tertiary/aromatic N) is 2. The molecule has 1 atom stereocenters. The number of hydrogen-bond donors (Lipinski definition) is 4. The van der Waals surface area contributed by atoms with Crippen molar-refractivity contribution >= 4 is 27.9 Å². The van der Waals surface area contributed by atoms with Gasteiger partial charge in [0.15, 0.2) is 17.4 Å². The number of fused-ring (bicyclic) bond motifs is 2. The molecule has 10 heteroatoms. The zero-order valence-electron chi connectivity index (χ0n) is 19.8. The topological polar surface area (TPSA) is 135 Å². The molecule has 2 aromatic heterocycles. The Hall–Kier alpha value is -4.70. The van der Waals surface area contributed by atoms with E-state index in [1.807, 2.05) is 37.3 Å². The molecule has 0 spiro atoms. The van der Waals surface area contributed by atoms with Crippen LogP contribution in [0.5, 0.6) is 0 Å². The van der Waals surface area contributed by atoms with Gasteiger partial charge >= 0.3 is 0 Å². The highest BCUT2D eigenvalue weighted by atomic mass is 19.1. The molecule has 0 bridgehead atoms. The summed E-state index contributed by atoms with van der Waals surface area (Å²) in [6.45, 7) is 2.16. The van der Waals surface area contributed by atoms with E-state index in [0.717, 1.165) is 16.6 Å². The Morgan fingerprint density at radius 3 is 2.51 bits per heavy atom. The van der Waals surface area contributed by atoms with E-state index in [1.54, 1.807) is 18.2 Å². The Kier molecular flexibility index (Phi) is 5.38. The van der Waals surface area contributed by atoms with Crippen LogP contribution in [0.1, 0.15) is 28.3 Å². The van der Waals surface area contributed by atoms with Gasteiger partial charge in [0.25, 0.3) is 0 Å². The number of hydrogen-bond acceptors (Lipinski definition) is 6. The molecule has 5 aromatic rings. The van der Waals surface area contributed by atoms with Crippen LogP contribution in [-0.2, 0) is 19.8 Å². The predicted molar refractivity (Wildman–Crippen MR) is 135 cm³/mol.